The van der Waals surface area contributed by atoms with Gasteiger partial charge in [0.05, 0.1) is 0 Å². The second kappa shape index (κ2) is 6.99. The second-order valence-corrected chi connectivity index (χ2v) is 5.91. The molecule has 3 nitrogen and oxygen atoms in total. The highest BCUT2D eigenvalue weighted by molar-refractivity contribution is 9.10. The molecule has 1 aromatic heterocycles. The molecule has 2 rings (SSSR count). The standard InChI is InChI=1S/C15H19BrFN3/c1-12-18-6-9-20(12)8-3-7-19(2)11-13-4-5-14(16)10-15(13)17/h4-6,9-10H,3,7-8,11H2,1-2H3. The minimum Gasteiger partial charge on any atom is -0.335 e. The van der Waals surface area contributed by atoms with Gasteiger partial charge in [-0.2, -0.15) is 0 Å². The maximum absolute atomic E-state index is 13.7. The summed E-state index contributed by atoms with van der Waals surface area (Å²) in [5.41, 5.74) is 0.731. The number of rotatable bonds is 6. The number of hydrogen-bond donors (Lipinski definition) is 0. The molecule has 1 heterocycles. The SMILES string of the molecule is Cc1nccn1CCCN(C)Cc1ccc(Br)cc1F. The molecule has 0 saturated carbocycles. The van der Waals surface area contributed by atoms with Crippen molar-refractivity contribution in [1.29, 1.82) is 0 Å². The first-order chi connectivity index (χ1) is 9.56. The second-order valence-electron chi connectivity index (χ2n) is 4.99. The van der Waals surface area contributed by atoms with Gasteiger partial charge in [-0.15, -0.1) is 0 Å². The Morgan fingerprint density at radius 2 is 2.20 bits per heavy atom. The first-order valence-electron chi connectivity index (χ1n) is 6.66. The Morgan fingerprint density at radius 3 is 2.85 bits per heavy atom. The number of halogens is 2. The maximum Gasteiger partial charge on any atom is 0.128 e. The van der Waals surface area contributed by atoms with Gasteiger partial charge in [0, 0.05) is 35.5 Å². The van der Waals surface area contributed by atoms with Crippen molar-refractivity contribution in [2.75, 3.05) is 13.6 Å². The lowest BCUT2D eigenvalue weighted by Crippen LogP contribution is -2.21. The van der Waals surface area contributed by atoms with E-state index in [0.29, 0.717) is 6.54 Å². The number of imidazole rings is 1. The van der Waals surface area contributed by atoms with E-state index >= 15 is 0 Å². The summed E-state index contributed by atoms with van der Waals surface area (Å²) in [5, 5.41) is 0. The first-order valence-corrected chi connectivity index (χ1v) is 7.46. The van der Waals surface area contributed by atoms with Crippen LogP contribution in [-0.2, 0) is 13.1 Å². The van der Waals surface area contributed by atoms with Crippen LogP contribution in [0.25, 0.3) is 0 Å². The smallest absolute Gasteiger partial charge is 0.128 e. The van der Waals surface area contributed by atoms with Gasteiger partial charge in [0.1, 0.15) is 11.6 Å². The highest BCUT2D eigenvalue weighted by Gasteiger charge is 2.06. The summed E-state index contributed by atoms with van der Waals surface area (Å²) in [6.07, 6.45) is 4.83. The van der Waals surface area contributed by atoms with Crippen LogP contribution in [0.2, 0.25) is 0 Å². The first kappa shape index (κ1) is 15.2. The summed E-state index contributed by atoms with van der Waals surface area (Å²) < 4.78 is 16.6. The third-order valence-corrected chi connectivity index (χ3v) is 3.81. The Labute approximate surface area is 127 Å². The van der Waals surface area contributed by atoms with Gasteiger partial charge < -0.3 is 9.47 Å². The topological polar surface area (TPSA) is 21.1 Å². The van der Waals surface area contributed by atoms with E-state index in [9.17, 15) is 4.39 Å². The largest absolute Gasteiger partial charge is 0.335 e. The van der Waals surface area contributed by atoms with Crippen LogP contribution in [0.3, 0.4) is 0 Å². The molecule has 0 fully saturated rings. The zero-order valence-electron chi connectivity index (χ0n) is 11.8. The van der Waals surface area contributed by atoms with Crippen molar-refractivity contribution in [2.45, 2.75) is 26.4 Å². The lowest BCUT2D eigenvalue weighted by Gasteiger charge is -2.17. The molecule has 0 radical (unpaired) electrons. The van der Waals surface area contributed by atoms with Gasteiger partial charge in [0.15, 0.2) is 0 Å². The highest BCUT2D eigenvalue weighted by atomic mass is 79.9. The molecule has 0 aliphatic carbocycles. The maximum atomic E-state index is 13.7. The lowest BCUT2D eigenvalue weighted by molar-refractivity contribution is 0.309. The molecule has 5 heteroatoms. The van der Waals surface area contributed by atoms with E-state index < -0.39 is 0 Å². The highest BCUT2D eigenvalue weighted by Crippen LogP contribution is 2.16. The van der Waals surface area contributed by atoms with E-state index in [2.05, 4.69) is 30.4 Å². The Bertz CT molecular complexity index is 568. The Kier molecular flexibility index (Phi) is 5.31. The van der Waals surface area contributed by atoms with Crippen LogP contribution < -0.4 is 0 Å². The molecule has 0 amide bonds. The van der Waals surface area contributed by atoms with Gasteiger partial charge >= 0.3 is 0 Å². The molecule has 0 bridgehead atoms. The van der Waals surface area contributed by atoms with Gasteiger partial charge in [-0.25, -0.2) is 9.37 Å². The zero-order valence-corrected chi connectivity index (χ0v) is 13.4. The third-order valence-electron chi connectivity index (χ3n) is 3.32. The number of benzene rings is 1. The normalized spacial score (nSPS) is 11.2. The van der Waals surface area contributed by atoms with Crippen LogP contribution in [0.1, 0.15) is 17.8 Å². The minimum atomic E-state index is -0.156. The predicted octanol–water partition coefficient (Wildman–Crippen LogP) is 3.62. The van der Waals surface area contributed by atoms with Crippen molar-refractivity contribution in [3.05, 3.63) is 52.3 Å². The lowest BCUT2D eigenvalue weighted by atomic mass is 10.2. The zero-order chi connectivity index (χ0) is 14.5. The van der Waals surface area contributed by atoms with Gasteiger partial charge in [0.25, 0.3) is 0 Å². The van der Waals surface area contributed by atoms with Crippen molar-refractivity contribution in [3.63, 3.8) is 0 Å². The average Bonchev–Trinajstić information content (AvgIpc) is 2.79. The fourth-order valence-corrected chi connectivity index (χ4v) is 2.50. The number of nitrogens with zero attached hydrogens (tertiary/aromatic N) is 3. The predicted molar refractivity (Wildman–Crippen MR) is 82.0 cm³/mol. The molecule has 0 saturated heterocycles. The summed E-state index contributed by atoms with van der Waals surface area (Å²) in [5.74, 6) is 0.878. The average molecular weight is 340 g/mol. The molecule has 20 heavy (non-hydrogen) atoms. The molecule has 0 atom stereocenters. The minimum absolute atomic E-state index is 0.156. The van der Waals surface area contributed by atoms with Crippen LogP contribution in [0.4, 0.5) is 4.39 Å². The number of hydrogen-bond acceptors (Lipinski definition) is 2. The Hall–Kier alpha value is -1.20. The monoisotopic (exact) mass is 339 g/mol. The fraction of sp³-hybridized carbons (Fsp3) is 0.400. The molecular weight excluding hydrogens is 321 g/mol. The van der Waals surface area contributed by atoms with E-state index in [4.69, 9.17) is 0 Å². The van der Waals surface area contributed by atoms with Gasteiger partial charge in [-0.05, 0) is 39.1 Å². The van der Waals surface area contributed by atoms with Gasteiger partial charge in [0.2, 0.25) is 0 Å². The Balaban J connectivity index is 1.80. The molecule has 1 aromatic carbocycles. The Morgan fingerprint density at radius 1 is 1.40 bits per heavy atom. The molecule has 0 aliphatic rings. The molecular formula is C15H19BrFN3. The third kappa shape index (κ3) is 4.15. The van der Waals surface area contributed by atoms with E-state index in [-0.39, 0.29) is 5.82 Å². The van der Waals surface area contributed by atoms with Crippen LogP contribution in [0.15, 0.2) is 35.1 Å². The summed E-state index contributed by atoms with van der Waals surface area (Å²) in [7, 11) is 2.02. The fourth-order valence-electron chi connectivity index (χ4n) is 2.17. The summed E-state index contributed by atoms with van der Waals surface area (Å²) >= 11 is 3.27. The molecule has 0 unspecified atom stereocenters. The quantitative estimate of drug-likeness (QED) is 0.801. The van der Waals surface area contributed by atoms with Crippen LogP contribution in [-0.4, -0.2) is 28.0 Å². The van der Waals surface area contributed by atoms with Crippen LogP contribution in [0.5, 0.6) is 0 Å². The van der Waals surface area contributed by atoms with Crippen molar-refractivity contribution in [3.8, 4) is 0 Å². The van der Waals surface area contributed by atoms with Gasteiger partial charge in [-0.3, -0.25) is 0 Å². The van der Waals surface area contributed by atoms with E-state index in [1.165, 1.54) is 6.07 Å². The summed E-state index contributed by atoms with van der Waals surface area (Å²) in [6, 6.07) is 5.22. The van der Waals surface area contributed by atoms with Crippen molar-refractivity contribution < 1.29 is 4.39 Å². The molecule has 2 aromatic rings. The summed E-state index contributed by atoms with van der Waals surface area (Å²) in [4.78, 5) is 6.33. The van der Waals surface area contributed by atoms with Crippen molar-refractivity contribution in [2.24, 2.45) is 0 Å². The van der Waals surface area contributed by atoms with Gasteiger partial charge in [-0.1, -0.05) is 22.0 Å². The number of aryl methyl sites for hydroxylation is 2. The molecule has 0 N–H and O–H groups in total. The van der Waals surface area contributed by atoms with Crippen LogP contribution in [0, 0.1) is 12.7 Å². The summed E-state index contributed by atoms with van der Waals surface area (Å²) in [6.45, 7) is 4.50. The van der Waals surface area contributed by atoms with E-state index in [1.54, 1.807) is 0 Å². The molecule has 108 valence electrons. The number of aromatic nitrogens is 2. The van der Waals surface area contributed by atoms with Crippen molar-refractivity contribution in [1.82, 2.24) is 14.5 Å². The van der Waals surface area contributed by atoms with E-state index in [1.807, 2.05) is 38.5 Å². The van der Waals surface area contributed by atoms with Crippen molar-refractivity contribution >= 4 is 15.9 Å². The molecule has 0 spiro atoms. The molecule has 0 aliphatic heterocycles. The van der Waals surface area contributed by atoms with E-state index in [0.717, 1.165) is 35.4 Å². The van der Waals surface area contributed by atoms with Crippen LogP contribution >= 0.6 is 15.9 Å².